The molecule has 0 aliphatic carbocycles. The van der Waals surface area contributed by atoms with E-state index in [9.17, 15) is 5.11 Å². The Labute approximate surface area is 144 Å². The van der Waals surface area contributed by atoms with E-state index >= 15 is 0 Å². The minimum absolute atomic E-state index is 0.0740. The van der Waals surface area contributed by atoms with Crippen LogP contribution >= 0.6 is 11.8 Å². The molecule has 1 aliphatic rings. The lowest BCUT2D eigenvalue weighted by Crippen LogP contribution is -2.61. The summed E-state index contributed by atoms with van der Waals surface area (Å²) in [4.78, 5) is 2.75. The van der Waals surface area contributed by atoms with Crippen LogP contribution in [0.15, 0.2) is 29.4 Å². The highest BCUT2D eigenvalue weighted by atomic mass is 32.2. The van der Waals surface area contributed by atoms with Crippen molar-refractivity contribution >= 4 is 11.8 Å². The lowest BCUT2D eigenvalue weighted by atomic mass is 9.98. The van der Waals surface area contributed by atoms with E-state index in [1.807, 2.05) is 30.5 Å². The molecule has 24 heavy (non-hydrogen) atoms. The molecule has 1 heterocycles. The Morgan fingerprint density at radius 2 is 2.12 bits per heavy atom. The van der Waals surface area contributed by atoms with Gasteiger partial charge in [-0.25, -0.2) is 0 Å². The molecule has 0 aromatic heterocycles. The number of rotatable bonds is 7. The smallest absolute Gasteiger partial charge is 0.121 e. The number of nitrogens with zero attached hydrogens (tertiary/aromatic N) is 3. The van der Waals surface area contributed by atoms with E-state index in [1.165, 1.54) is 11.8 Å². The molecule has 9 heteroatoms. The van der Waals surface area contributed by atoms with Crippen LogP contribution in [0.2, 0.25) is 0 Å². The normalized spacial score (nSPS) is 29.8. The standard InChI is InChI=1S/C15H22N4O4S/c1-21-10-5-3-9(4-6-10)8-22-14-11(7-18-19-17)23-15(24-2)12(16)13(14)20/h3-6,11-15,20H,7-8,16H2,1-2H3/t11?,12?,13?,14-,15+/m1/s1. The minimum Gasteiger partial charge on any atom is -0.497 e. The molecule has 1 aliphatic heterocycles. The van der Waals surface area contributed by atoms with Crippen molar-refractivity contribution in [2.24, 2.45) is 10.8 Å². The summed E-state index contributed by atoms with van der Waals surface area (Å²) < 4.78 is 16.8. The van der Waals surface area contributed by atoms with Gasteiger partial charge in [0.2, 0.25) is 0 Å². The summed E-state index contributed by atoms with van der Waals surface area (Å²) in [5.41, 5.74) is 15.1. The van der Waals surface area contributed by atoms with Gasteiger partial charge in [0.25, 0.3) is 0 Å². The molecule has 1 aromatic rings. The molecule has 3 N–H and O–H groups in total. The first-order valence-electron chi connectivity index (χ1n) is 7.48. The number of nitrogens with two attached hydrogens (primary N) is 1. The lowest BCUT2D eigenvalue weighted by Gasteiger charge is -2.42. The van der Waals surface area contributed by atoms with Crippen molar-refractivity contribution in [3.8, 4) is 5.75 Å². The Hall–Kier alpha value is -1.48. The van der Waals surface area contributed by atoms with Gasteiger partial charge in [-0.2, -0.15) is 0 Å². The molecule has 132 valence electrons. The zero-order chi connectivity index (χ0) is 17.5. The maximum absolute atomic E-state index is 10.5. The van der Waals surface area contributed by atoms with Crippen LogP contribution in [0.1, 0.15) is 5.56 Å². The van der Waals surface area contributed by atoms with E-state index in [1.54, 1.807) is 7.11 Å². The molecular weight excluding hydrogens is 332 g/mol. The van der Waals surface area contributed by atoms with Gasteiger partial charge < -0.3 is 25.1 Å². The number of hydrogen-bond donors (Lipinski definition) is 2. The molecule has 2 rings (SSSR count). The Bertz CT molecular complexity index is 567. The number of hydrogen-bond acceptors (Lipinski definition) is 7. The largest absolute Gasteiger partial charge is 0.497 e. The van der Waals surface area contributed by atoms with Crippen LogP contribution in [0.4, 0.5) is 0 Å². The first kappa shape index (κ1) is 18.9. The van der Waals surface area contributed by atoms with Gasteiger partial charge in [0.15, 0.2) is 0 Å². The molecule has 0 bridgehead atoms. The van der Waals surface area contributed by atoms with Crippen molar-refractivity contribution in [3.05, 3.63) is 40.3 Å². The number of ether oxygens (including phenoxy) is 3. The van der Waals surface area contributed by atoms with Gasteiger partial charge >= 0.3 is 0 Å². The third-order valence-electron chi connectivity index (χ3n) is 3.88. The Morgan fingerprint density at radius 3 is 2.71 bits per heavy atom. The van der Waals surface area contributed by atoms with Crippen molar-refractivity contribution in [1.29, 1.82) is 0 Å². The molecule has 3 unspecified atom stereocenters. The van der Waals surface area contributed by atoms with Gasteiger partial charge in [0.1, 0.15) is 23.4 Å². The van der Waals surface area contributed by atoms with Crippen molar-refractivity contribution < 1.29 is 19.3 Å². The summed E-state index contributed by atoms with van der Waals surface area (Å²) in [5.74, 6) is 0.755. The second-order valence-corrected chi connectivity index (χ2v) is 6.32. The molecule has 8 nitrogen and oxygen atoms in total. The van der Waals surface area contributed by atoms with E-state index in [-0.39, 0.29) is 18.6 Å². The Balaban J connectivity index is 2.06. The number of thioether (sulfide) groups is 1. The van der Waals surface area contributed by atoms with Gasteiger partial charge in [0, 0.05) is 4.91 Å². The second-order valence-electron chi connectivity index (χ2n) is 5.38. The van der Waals surface area contributed by atoms with E-state index in [0.717, 1.165) is 11.3 Å². The highest BCUT2D eigenvalue weighted by molar-refractivity contribution is 7.99. The predicted molar refractivity (Wildman–Crippen MR) is 91.7 cm³/mol. The summed E-state index contributed by atoms with van der Waals surface area (Å²) in [6.07, 6.45) is -0.281. The quantitative estimate of drug-likeness (QED) is 0.436. The van der Waals surface area contributed by atoms with Crippen molar-refractivity contribution in [3.63, 3.8) is 0 Å². The highest BCUT2D eigenvalue weighted by Gasteiger charge is 2.43. The molecule has 1 saturated heterocycles. The van der Waals surface area contributed by atoms with Gasteiger partial charge in [-0.15, -0.1) is 11.8 Å². The Kier molecular flexibility index (Phi) is 7.16. The Morgan fingerprint density at radius 1 is 1.42 bits per heavy atom. The summed E-state index contributed by atoms with van der Waals surface area (Å²) in [6, 6.07) is 6.84. The fourth-order valence-electron chi connectivity index (χ4n) is 2.54. The third-order valence-corrected chi connectivity index (χ3v) is 4.77. The number of aliphatic hydroxyl groups excluding tert-OH is 1. The first-order valence-corrected chi connectivity index (χ1v) is 8.76. The molecule has 0 saturated carbocycles. The van der Waals surface area contributed by atoms with E-state index in [0.29, 0.717) is 0 Å². The number of aliphatic hydroxyl groups is 1. The van der Waals surface area contributed by atoms with Crippen LogP contribution in [-0.2, 0) is 16.1 Å². The summed E-state index contributed by atoms with van der Waals surface area (Å²) >= 11 is 1.40. The monoisotopic (exact) mass is 354 g/mol. The number of benzene rings is 1. The first-order chi connectivity index (χ1) is 11.6. The zero-order valence-electron chi connectivity index (χ0n) is 13.6. The summed E-state index contributed by atoms with van der Waals surface area (Å²) in [5, 5.41) is 14.0. The third kappa shape index (κ3) is 4.54. The predicted octanol–water partition coefficient (Wildman–Crippen LogP) is 1.67. The summed E-state index contributed by atoms with van der Waals surface area (Å²) in [6.45, 7) is 0.350. The minimum atomic E-state index is -0.909. The maximum Gasteiger partial charge on any atom is 0.121 e. The fourth-order valence-corrected chi connectivity index (χ4v) is 3.27. The summed E-state index contributed by atoms with van der Waals surface area (Å²) in [7, 11) is 1.60. The average Bonchev–Trinajstić information content (AvgIpc) is 2.62. The van der Waals surface area contributed by atoms with Crippen LogP contribution in [0.5, 0.6) is 5.75 Å². The molecule has 1 aromatic carbocycles. The number of methoxy groups -OCH3 is 1. The second kappa shape index (κ2) is 9.12. The van der Waals surface area contributed by atoms with Crippen LogP contribution in [0.3, 0.4) is 0 Å². The maximum atomic E-state index is 10.5. The molecule has 0 radical (unpaired) electrons. The van der Waals surface area contributed by atoms with Crippen LogP contribution in [0.25, 0.3) is 10.4 Å². The van der Waals surface area contributed by atoms with Gasteiger partial charge in [-0.3, -0.25) is 0 Å². The highest BCUT2D eigenvalue weighted by Crippen LogP contribution is 2.28. The van der Waals surface area contributed by atoms with Crippen LogP contribution in [-0.4, -0.2) is 54.8 Å². The van der Waals surface area contributed by atoms with Crippen LogP contribution in [0, 0.1) is 0 Å². The molecule has 1 fully saturated rings. The zero-order valence-corrected chi connectivity index (χ0v) is 14.4. The number of azide groups is 1. The van der Waals surface area contributed by atoms with Gasteiger partial charge in [0.05, 0.1) is 32.4 Å². The van der Waals surface area contributed by atoms with E-state index in [4.69, 9.17) is 25.5 Å². The lowest BCUT2D eigenvalue weighted by molar-refractivity contribution is -0.177. The van der Waals surface area contributed by atoms with Gasteiger partial charge in [-0.05, 0) is 29.5 Å². The van der Waals surface area contributed by atoms with Crippen molar-refractivity contribution in [1.82, 2.24) is 0 Å². The van der Waals surface area contributed by atoms with Crippen LogP contribution < -0.4 is 10.5 Å². The molecule has 0 amide bonds. The van der Waals surface area contributed by atoms with Crippen molar-refractivity contribution in [2.75, 3.05) is 19.9 Å². The SMILES string of the molecule is COc1ccc(CO[C@@H]2C(CN=[N+]=[N-])O[C@@H](SC)C(N)C2O)cc1. The van der Waals surface area contributed by atoms with E-state index in [2.05, 4.69) is 10.0 Å². The van der Waals surface area contributed by atoms with Gasteiger partial charge in [-0.1, -0.05) is 17.2 Å². The molecule has 5 atom stereocenters. The molecular formula is C15H22N4O4S. The molecule has 0 spiro atoms. The van der Waals surface area contributed by atoms with Crippen molar-refractivity contribution in [2.45, 2.75) is 36.4 Å². The average molecular weight is 354 g/mol. The van der Waals surface area contributed by atoms with E-state index < -0.39 is 24.4 Å². The fraction of sp³-hybridized carbons (Fsp3) is 0.600. The topological polar surface area (TPSA) is 123 Å².